The van der Waals surface area contributed by atoms with Gasteiger partial charge in [0.25, 0.3) is 5.69 Å². The van der Waals surface area contributed by atoms with Gasteiger partial charge in [-0.05, 0) is 19.9 Å². The lowest BCUT2D eigenvalue weighted by Crippen LogP contribution is -2.39. The number of carbonyl (C=O) groups is 3. The van der Waals surface area contributed by atoms with Crippen LogP contribution in [0.1, 0.15) is 22.3 Å². The van der Waals surface area contributed by atoms with Gasteiger partial charge in [0, 0.05) is 17.7 Å². The fourth-order valence-electron chi connectivity index (χ4n) is 3.28. The summed E-state index contributed by atoms with van der Waals surface area (Å²) in [7, 11) is 2.32. The van der Waals surface area contributed by atoms with Crippen LogP contribution in [0, 0.1) is 17.0 Å². The van der Waals surface area contributed by atoms with E-state index in [0.717, 1.165) is 25.6 Å². The smallest absolute Gasteiger partial charge is 0.355 e. The number of ether oxygens (including phenoxy) is 4. The SMILES string of the molecule is CCOC(=O)c1sc(-c2cc([N+](=O)[O-])ccc2N2COCC(C(=O)OC)=C2C(=O)OC)nc1C. The van der Waals surface area contributed by atoms with Crippen molar-refractivity contribution < 1.29 is 38.3 Å². The second kappa shape index (κ2) is 10.4. The Kier molecular flexibility index (Phi) is 7.58. The molecule has 0 N–H and O–H groups in total. The van der Waals surface area contributed by atoms with E-state index in [2.05, 4.69) is 4.98 Å². The highest BCUT2D eigenvalue weighted by molar-refractivity contribution is 7.17. The fourth-order valence-corrected chi connectivity index (χ4v) is 4.26. The molecule has 180 valence electrons. The van der Waals surface area contributed by atoms with E-state index < -0.39 is 22.8 Å². The maximum atomic E-state index is 12.7. The van der Waals surface area contributed by atoms with Crippen molar-refractivity contribution in [2.24, 2.45) is 0 Å². The summed E-state index contributed by atoms with van der Waals surface area (Å²) in [4.78, 5) is 54.1. The van der Waals surface area contributed by atoms with E-state index in [-0.39, 0.29) is 58.0 Å². The van der Waals surface area contributed by atoms with Crippen LogP contribution in [0.4, 0.5) is 11.4 Å². The third kappa shape index (κ3) is 4.75. The summed E-state index contributed by atoms with van der Waals surface area (Å²) in [5.41, 5.74) is 0.455. The maximum Gasteiger partial charge on any atom is 0.355 e. The van der Waals surface area contributed by atoms with E-state index in [1.54, 1.807) is 13.8 Å². The molecule has 0 saturated heterocycles. The summed E-state index contributed by atoms with van der Waals surface area (Å²) in [6.07, 6.45) is 0. The Labute approximate surface area is 197 Å². The Morgan fingerprint density at radius 2 is 1.91 bits per heavy atom. The number of esters is 3. The van der Waals surface area contributed by atoms with Crippen LogP contribution < -0.4 is 4.90 Å². The third-order valence-electron chi connectivity index (χ3n) is 4.80. The van der Waals surface area contributed by atoms with Gasteiger partial charge >= 0.3 is 17.9 Å². The van der Waals surface area contributed by atoms with Gasteiger partial charge in [0.1, 0.15) is 22.3 Å². The highest BCUT2D eigenvalue weighted by Crippen LogP contribution is 2.40. The molecule has 2 aromatic rings. The topological polar surface area (TPSA) is 147 Å². The van der Waals surface area contributed by atoms with Gasteiger partial charge in [0.2, 0.25) is 0 Å². The number of methoxy groups -OCH3 is 2. The van der Waals surface area contributed by atoms with Gasteiger partial charge in [-0.2, -0.15) is 0 Å². The molecule has 0 aliphatic carbocycles. The molecule has 1 aliphatic rings. The van der Waals surface area contributed by atoms with E-state index >= 15 is 0 Å². The minimum Gasteiger partial charge on any atom is -0.466 e. The molecule has 0 bridgehead atoms. The molecule has 34 heavy (non-hydrogen) atoms. The minimum atomic E-state index is -0.824. The molecule has 0 fully saturated rings. The van der Waals surface area contributed by atoms with Crippen molar-refractivity contribution in [1.82, 2.24) is 4.98 Å². The number of aromatic nitrogens is 1. The quantitative estimate of drug-likeness (QED) is 0.243. The molecule has 13 heteroatoms. The molecule has 0 unspecified atom stereocenters. The van der Waals surface area contributed by atoms with Crippen molar-refractivity contribution in [2.45, 2.75) is 13.8 Å². The van der Waals surface area contributed by atoms with Gasteiger partial charge in [0.05, 0.1) is 49.3 Å². The molecule has 1 aliphatic heterocycles. The number of aryl methyl sites for hydroxylation is 1. The number of thiazole rings is 1. The predicted molar refractivity (Wildman–Crippen MR) is 119 cm³/mol. The van der Waals surface area contributed by atoms with Gasteiger partial charge in [-0.15, -0.1) is 11.3 Å². The Balaban J connectivity index is 2.24. The third-order valence-corrected chi connectivity index (χ3v) is 5.97. The highest BCUT2D eigenvalue weighted by atomic mass is 32.1. The first-order chi connectivity index (χ1) is 16.2. The monoisotopic (exact) mass is 491 g/mol. The molecule has 0 radical (unpaired) electrons. The Hall–Kier alpha value is -3.84. The molecule has 0 saturated carbocycles. The lowest BCUT2D eigenvalue weighted by molar-refractivity contribution is -0.384. The van der Waals surface area contributed by atoms with Crippen LogP contribution in [0.2, 0.25) is 0 Å². The summed E-state index contributed by atoms with van der Waals surface area (Å²) in [5, 5.41) is 11.7. The second-order valence-electron chi connectivity index (χ2n) is 6.83. The largest absolute Gasteiger partial charge is 0.466 e. The highest BCUT2D eigenvalue weighted by Gasteiger charge is 2.34. The van der Waals surface area contributed by atoms with Crippen molar-refractivity contribution in [3.05, 3.63) is 50.2 Å². The molecular formula is C21H21N3O9S. The van der Waals surface area contributed by atoms with Crippen molar-refractivity contribution in [3.8, 4) is 10.6 Å². The lowest BCUT2D eigenvalue weighted by Gasteiger charge is -2.32. The van der Waals surface area contributed by atoms with Crippen LogP contribution in [-0.2, 0) is 28.5 Å². The summed E-state index contributed by atoms with van der Waals surface area (Å²) in [6.45, 7) is 3.10. The standard InChI is InChI=1S/C21H21N3O9S/c1-5-33-21(27)17-11(2)22-18(34-17)13-8-12(24(28)29)6-7-15(13)23-10-32-9-14(19(25)30-3)16(23)20(26)31-4/h6-8H,5,9-10H2,1-4H3. The number of hydrogen-bond acceptors (Lipinski definition) is 12. The predicted octanol–water partition coefficient (Wildman–Crippen LogP) is 2.60. The van der Waals surface area contributed by atoms with Crippen LogP contribution in [0.3, 0.4) is 0 Å². The molecule has 0 spiro atoms. The summed E-state index contributed by atoms with van der Waals surface area (Å²) in [5.74, 6) is -2.18. The first-order valence-electron chi connectivity index (χ1n) is 9.91. The number of nitro groups is 1. The first kappa shape index (κ1) is 24.8. The molecule has 3 rings (SSSR count). The number of rotatable bonds is 7. The summed E-state index contributed by atoms with van der Waals surface area (Å²) >= 11 is 0.987. The molecule has 1 aromatic carbocycles. The summed E-state index contributed by atoms with van der Waals surface area (Å²) in [6, 6.07) is 3.91. The number of benzene rings is 1. The molecular weight excluding hydrogens is 470 g/mol. The zero-order valence-corrected chi connectivity index (χ0v) is 19.6. The Morgan fingerprint density at radius 1 is 1.21 bits per heavy atom. The number of nitrogens with zero attached hydrogens (tertiary/aromatic N) is 3. The number of non-ortho nitro benzene ring substituents is 1. The first-order valence-corrected chi connectivity index (χ1v) is 10.7. The number of hydrogen-bond donors (Lipinski definition) is 0. The molecule has 1 aromatic heterocycles. The Morgan fingerprint density at radius 3 is 2.53 bits per heavy atom. The van der Waals surface area contributed by atoms with Crippen molar-refractivity contribution in [3.63, 3.8) is 0 Å². The van der Waals surface area contributed by atoms with Crippen LogP contribution in [-0.4, -0.2) is 62.0 Å². The number of nitro benzene ring substituents is 1. The van der Waals surface area contributed by atoms with E-state index in [1.165, 1.54) is 23.1 Å². The van der Waals surface area contributed by atoms with Gasteiger partial charge < -0.3 is 23.8 Å². The average molecular weight is 491 g/mol. The lowest BCUT2D eigenvalue weighted by atomic mass is 10.1. The zero-order valence-electron chi connectivity index (χ0n) is 18.8. The minimum absolute atomic E-state index is 0.0764. The van der Waals surface area contributed by atoms with Crippen LogP contribution in [0.15, 0.2) is 29.5 Å². The zero-order chi connectivity index (χ0) is 25.0. The summed E-state index contributed by atoms with van der Waals surface area (Å²) < 4.78 is 20.2. The normalized spacial score (nSPS) is 13.5. The molecule has 0 amide bonds. The number of anilines is 1. The molecule has 12 nitrogen and oxygen atoms in total. The molecule has 0 atom stereocenters. The Bertz CT molecular complexity index is 1190. The van der Waals surface area contributed by atoms with E-state index in [9.17, 15) is 24.5 Å². The molecule has 2 heterocycles. The maximum absolute atomic E-state index is 12.7. The van der Waals surface area contributed by atoms with Crippen LogP contribution >= 0.6 is 11.3 Å². The number of carbonyl (C=O) groups excluding carboxylic acids is 3. The van der Waals surface area contributed by atoms with E-state index in [1.807, 2.05) is 0 Å². The fraction of sp³-hybridized carbons (Fsp3) is 0.333. The van der Waals surface area contributed by atoms with Crippen LogP contribution in [0.5, 0.6) is 0 Å². The van der Waals surface area contributed by atoms with Crippen molar-refractivity contribution in [2.75, 3.05) is 39.1 Å². The van der Waals surface area contributed by atoms with Gasteiger partial charge in [-0.3, -0.25) is 10.1 Å². The van der Waals surface area contributed by atoms with Crippen LogP contribution in [0.25, 0.3) is 10.6 Å². The van der Waals surface area contributed by atoms with Gasteiger partial charge in [-0.25, -0.2) is 19.4 Å². The van der Waals surface area contributed by atoms with E-state index in [4.69, 9.17) is 18.9 Å². The average Bonchev–Trinajstić information content (AvgIpc) is 3.23. The second-order valence-corrected chi connectivity index (χ2v) is 7.83. The van der Waals surface area contributed by atoms with Crippen molar-refractivity contribution >= 4 is 40.6 Å². The van der Waals surface area contributed by atoms with Gasteiger partial charge in [0.15, 0.2) is 0 Å². The van der Waals surface area contributed by atoms with E-state index in [0.29, 0.717) is 5.69 Å². The van der Waals surface area contributed by atoms with Crippen molar-refractivity contribution in [1.29, 1.82) is 0 Å². The van der Waals surface area contributed by atoms with Gasteiger partial charge in [-0.1, -0.05) is 0 Å².